The second-order valence-corrected chi connectivity index (χ2v) is 11.7. The molecule has 1 saturated carbocycles. The highest BCUT2D eigenvalue weighted by Gasteiger charge is 2.39. The summed E-state index contributed by atoms with van der Waals surface area (Å²) in [6, 6.07) is 47.4. The Labute approximate surface area is 239 Å². The van der Waals surface area contributed by atoms with E-state index in [0.29, 0.717) is 0 Å². The predicted octanol–water partition coefficient (Wildman–Crippen LogP) is 11.2. The van der Waals surface area contributed by atoms with Crippen molar-refractivity contribution in [3.05, 3.63) is 151 Å². The van der Waals surface area contributed by atoms with E-state index >= 15 is 0 Å². The Morgan fingerprint density at radius 2 is 1.05 bits per heavy atom. The maximum absolute atomic E-state index is 2.39. The molecule has 2 aliphatic rings. The van der Waals surface area contributed by atoms with E-state index in [1.54, 1.807) is 0 Å². The molecule has 2 unspecified atom stereocenters. The van der Waals surface area contributed by atoms with Gasteiger partial charge in [-0.2, -0.15) is 0 Å². The molecule has 2 aliphatic carbocycles. The molecule has 0 spiro atoms. The molecule has 0 heterocycles. The molecule has 0 heteroatoms. The average molecular weight is 521 g/mol. The van der Waals surface area contributed by atoms with Crippen LogP contribution in [0.15, 0.2) is 146 Å². The molecule has 0 bridgehead atoms. The molecule has 0 nitrogen and oxygen atoms in total. The van der Waals surface area contributed by atoms with E-state index in [0.717, 1.165) is 11.8 Å². The van der Waals surface area contributed by atoms with E-state index in [9.17, 15) is 0 Å². The zero-order valence-corrected chi connectivity index (χ0v) is 22.7. The lowest BCUT2D eigenvalue weighted by Gasteiger charge is -2.19. The van der Waals surface area contributed by atoms with Crippen molar-refractivity contribution in [1.82, 2.24) is 0 Å². The molecule has 0 aromatic heterocycles. The Hall–Kier alpha value is -4.94. The lowest BCUT2D eigenvalue weighted by atomic mass is 9.84. The summed E-state index contributed by atoms with van der Waals surface area (Å²) in [6.45, 7) is 0. The van der Waals surface area contributed by atoms with Gasteiger partial charge in [0.2, 0.25) is 0 Å². The standard InChI is InChI=1S/C41H28/c1-2-12-32-26(9-1)10-7-18-34(32)41-37-15-5-3-13-35(37)40(36-14-4-6-16-38(36)41)31-22-20-27-23-30(21-19-28(27)24-31)33-17-8-11-29-25-39(29)33/h1-24,29,39H,25H2. The van der Waals surface area contributed by atoms with Gasteiger partial charge in [0.25, 0.3) is 0 Å². The van der Waals surface area contributed by atoms with Crippen molar-refractivity contribution < 1.29 is 0 Å². The lowest BCUT2D eigenvalue weighted by molar-refractivity contribution is 0.999. The van der Waals surface area contributed by atoms with Crippen LogP contribution in [-0.4, -0.2) is 0 Å². The minimum atomic E-state index is 0.717. The van der Waals surface area contributed by atoms with Gasteiger partial charge in [-0.05, 0) is 107 Å². The number of allylic oxidation sites excluding steroid dienone is 4. The summed E-state index contributed by atoms with van der Waals surface area (Å²) in [5.41, 5.74) is 8.06. The van der Waals surface area contributed by atoms with Crippen LogP contribution in [0.5, 0.6) is 0 Å². The first-order chi connectivity index (χ1) is 20.3. The molecule has 192 valence electrons. The van der Waals surface area contributed by atoms with Crippen molar-refractivity contribution in [3.63, 3.8) is 0 Å². The van der Waals surface area contributed by atoms with Crippen LogP contribution in [-0.2, 0) is 0 Å². The number of hydrogen-bond donors (Lipinski definition) is 0. The molecule has 0 amide bonds. The van der Waals surface area contributed by atoms with Gasteiger partial charge in [0.15, 0.2) is 0 Å². The van der Waals surface area contributed by atoms with Gasteiger partial charge in [-0.3, -0.25) is 0 Å². The van der Waals surface area contributed by atoms with Gasteiger partial charge in [0.1, 0.15) is 0 Å². The maximum atomic E-state index is 2.39. The van der Waals surface area contributed by atoms with Gasteiger partial charge >= 0.3 is 0 Å². The average Bonchev–Trinajstić information content (AvgIpc) is 3.83. The van der Waals surface area contributed by atoms with Crippen molar-refractivity contribution in [2.24, 2.45) is 11.8 Å². The predicted molar refractivity (Wildman–Crippen MR) is 176 cm³/mol. The second kappa shape index (κ2) is 8.78. The lowest BCUT2D eigenvalue weighted by Crippen LogP contribution is -1.93. The third-order valence-electron chi connectivity index (χ3n) is 9.33. The van der Waals surface area contributed by atoms with Crippen LogP contribution in [0.25, 0.3) is 70.9 Å². The fourth-order valence-corrected chi connectivity index (χ4v) is 7.27. The van der Waals surface area contributed by atoms with Crippen molar-refractivity contribution in [1.29, 1.82) is 0 Å². The van der Waals surface area contributed by atoms with E-state index in [1.165, 1.54) is 82.9 Å². The molecule has 0 N–H and O–H groups in total. The van der Waals surface area contributed by atoms with Crippen molar-refractivity contribution in [3.8, 4) is 22.3 Å². The Kier molecular flexibility index (Phi) is 4.89. The van der Waals surface area contributed by atoms with Gasteiger partial charge in [0.05, 0.1) is 0 Å². The highest BCUT2D eigenvalue weighted by molar-refractivity contribution is 6.23. The van der Waals surface area contributed by atoms with E-state index < -0.39 is 0 Å². The van der Waals surface area contributed by atoms with Crippen LogP contribution in [0, 0.1) is 11.8 Å². The van der Waals surface area contributed by atoms with Crippen LogP contribution in [0.3, 0.4) is 0 Å². The molecule has 41 heavy (non-hydrogen) atoms. The Balaban J connectivity index is 1.28. The Morgan fingerprint density at radius 1 is 0.463 bits per heavy atom. The van der Waals surface area contributed by atoms with Gasteiger partial charge in [-0.15, -0.1) is 0 Å². The van der Waals surface area contributed by atoms with E-state index in [-0.39, 0.29) is 0 Å². The monoisotopic (exact) mass is 520 g/mol. The fourth-order valence-electron chi connectivity index (χ4n) is 7.27. The number of fused-ring (bicyclic) bond motifs is 5. The number of rotatable bonds is 3. The van der Waals surface area contributed by atoms with Crippen LogP contribution in [0.4, 0.5) is 0 Å². The molecule has 0 aliphatic heterocycles. The summed E-state index contributed by atoms with van der Waals surface area (Å²) in [4.78, 5) is 0. The number of benzene rings is 7. The molecule has 0 saturated heterocycles. The zero-order valence-electron chi connectivity index (χ0n) is 22.7. The van der Waals surface area contributed by atoms with Crippen LogP contribution >= 0.6 is 0 Å². The molecule has 7 aromatic rings. The summed E-state index contributed by atoms with van der Waals surface area (Å²) < 4.78 is 0. The second-order valence-electron chi connectivity index (χ2n) is 11.7. The first-order valence-corrected chi connectivity index (χ1v) is 14.7. The molecule has 2 atom stereocenters. The normalized spacial score (nSPS) is 17.7. The van der Waals surface area contributed by atoms with E-state index in [4.69, 9.17) is 0 Å². The first kappa shape index (κ1) is 22.8. The fraction of sp³-hybridized carbons (Fsp3) is 0.0732. The van der Waals surface area contributed by atoms with E-state index in [2.05, 4.69) is 146 Å². The zero-order chi connectivity index (χ0) is 26.9. The topological polar surface area (TPSA) is 0 Å². The van der Waals surface area contributed by atoms with Crippen LogP contribution < -0.4 is 0 Å². The highest BCUT2D eigenvalue weighted by Crippen LogP contribution is 2.51. The van der Waals surface area contributed by atoms with Crippen molar-refractivity contribution >= 4 is 48.7 Å². The third kappa shape index (κ3) is 3.54. The minimum absolute atomic E-state index is 0.717. The highest BCUT2D eigenvalue weighted by atomic mass is 14.4. The van der Waals surface area contributed by atoms with Crippen molar-refractivity contribution in [2.45, 2.75) is 6.42 Å². The van der Waals surface area contributed by atoms with E-state index in [1.807, 2.05) is 0 Å². The molecule has 7 aromatic carbocycles. The quantitative estimate of drug-likeness (QED) is 0.203. The van der Waals surface area contributed by atoms with Gasteiger partial charge in [0, 0.05) is 0 Å². The summed E-state index contributed by atoms with van der Waals surface area (Å²) >= 11 is 0. The molecule has 0 radical (unpaired) electrons. The smallest absolute Gasteiger partial charge is 0.00201 e. The Morgan fingerprint density at radius 3 is 1.78 bits per heavy atom. The Bertz CT molecular complexity index is 2180. The molecule has 9 rings (SSSR count). The summed E-state index contributed by atoms with van der Waals surface area (Å²) in [5.74, 6) is 1.47. The molecular formula is C41H28. The maximum Gasteiger partial charge on any atom is -0.00201 e. The van der Waals surface area contributed by atoms with Gasteiger partial charge < -0.3 is 0 Å². The minimum Gasteiger partial charge on any atom is -0.0808 e. The van der Waals surface area contributed by atoms with Crippen LogP contribution in [0.1, 0.15) is 12.0 Å². The third-order valence-corrected chi connectivity index (χ3v) is 9.33. The largest absolute Gasteiger partial charge is 0.0808 e. The first-order valence-electron chi connectivity index (χ1n) is 14.7. The molecular weight excluding hydrogens is 492 g/mol. The summed E-state index contributed by atoms with van der Waals surface area (Å²) in [7, 11) is 0. The van der Waals surface area contributed by atoms with Gasteiger partial charge in [-0.25, -0.2) is 0 Å². The summed E-state index contributed by atoms with van der Waals surface area (Å²) in [5, 5.41) is 10.3. The van der Waals surface area contributed by atoms with Crippen molar-refractivity contribution in [2.75, 3.05) is 0 Å². The van der Waals surface area contributed by atoms with Gasteiger partial charge in [-0.1, -0.05) is 133 Å². The summed E-state index contributed by atoms with van der Waals surface area (Å²) in [6.07, 6.45) is 8.23. The SMILES string of the molecule is C1=CC2CC2C(c2ccc3cc(-c4c5ccccc5c(-c5cccc6ccccc56)c5ccccc45)ccc3c2)=C1. The molecule has 1 fully saturated rings. The number of hydrogen-bond acceptors (Lipinski definition) is 0. The van der Waals surface area contributed by atoms with Crippen LogP contribution in [0.2, 0.25) is 0 Å².